The van der Waals surface area contributed by atoms with Gasteiger partial charge in [-0.25, -0.2) is 4.79 Å². The molecule has 1 aromatic heterocycles. The van der Waals surface area contributed by atoms with Crippen LogP contribution in [0.1, 0.15) is 41.2 Å². The summed E-state index contributed by atoms with van der Waals surface area (Å²) in [6.45, 7) is 0. The van der Waals surface area contributed by atoms with Gasteiger partial charge in [0, 0.05) is 31.3 Å². The first-order valence-electron chi connectivity index (χ1n) is 7.57. The molecular weight excluding hydrogens is 280 g/mol. The summed E-state index contributed by atoms with van der Waals surface area (Å²) >= 11 is 0. The maximum Gasteiger partial charge on any atom is 0.338 e. The number of carbonyl (C=O) groups is 1. The van der Waals surface area contributed by atoms with Gasteiger partial charge in [-0.3, -0.25) is 4.68 Å². The highest BCUT2D eigenvalue weighted by Gasteiger charge is 2.35. The number of rotatable bonds is 3. The number of hydrogen-bond acceptors (Lipinski definition) is 4. The van der Waals surface area contributed by atoms with Gasteiger partial charge < -0.3 is 9.84 Å². The first-order valence-corrected chi connectivity index (χ1v) is 7.57. The lowest BCUT2D eigenvalue weighted by Gasteiger charge is -2.33. The summed E-state index contributed by atoms with van der Waals surface area (Å²) < 4.78 is 7.51. The lowest BCUT2D eigenvalue weighted by Crippen LogP contribution is -2.35. The molecule has 5 heteroatoms. The quantitative estimate of drug-likeness (QED) is 0.883. The van der Waals surface area contributed by atoms with Gasteiger partial charge in [-0.15, -0.1) is 0 Å². The molecule has 0 spiro atoms. The van der Waals surface area contributed by atoms with E-state index in [4.69, 9.17) is 4.74 Å². The molecule has 5 nitrogen and oxygen atoms in total. The van der Waals surface area contributed by atoms with Gasteiger partial charge in [-0.2, -0.15) is 5.10 Å². The summed E-state index contributed by atoms with van der Waals surface area (Å²) in [6, 6.07) is 10.9. The predicted molar refractivity (Wildman–Crippen MR) is 81.5 cm³/mol. The van der Waals surface area contributed by atoms with Crippen LogP contribution in [0.3, 0.4) is 0 Å². The van der Waals surface area contributed by atoms with Crippen molar-refractivity contribution < 1.29 is 14.6 Å². The highest BCUT2D eigenvalue weighted by atomic mass is 16.5. The molecule has 0 aliphatic heterocycles. The molecule has 0 radical (unpaired) electrons. The highest BCUT2D eigenvalue weighted by molar-refractivity contribution is 5.89. The molecule has 0 amide bonds. The maximum atomic E-state index is 12.3. The average molecular weight is 300 g/mol. The van der Waals surface area contributed by atoms with E-state index < -0.39 is 6.10 Å². The maximum absolute atomic E-state index is 12.3. The van der Waals surface area contributed by atoms with Crippen molar-refractivity contribution in [2.24, 2.45) is 7.05 Å². The monoisotopic (exact) mass is 300 g/mol. The minimum absolute atomic E-state index is 0.0727. The summed E-state index contributed by atoms with van der Waals surface area (Å²) in [5, 5.41) is 14.1. The van der Waals surface area contributed by atoms with Crippen molar-refractivity contribution in [3.05, 3.63) is 53.9 Å². The number of benzene rings is 1. The molecule has 0 saturated heterocycles. The Morgan fingerprint density at radius 2 is 2.05 bits per heavy atom. The van der Waals surface area contributed by atoms with E-state index in [2.05, 4.69) is 5.10 Å². The average Bonchev–Trinajstić information content (AvgIpc) is 2.94. The molecule has 0 bridgehead atoms. The largest absolute Gasteiger partial charge is 0.458 e. The van der Waals surface area contributed by atoms with Crippen LogP contribution >= 0.6 is 0 Å². The van der Waals surface area contributed by atoms with Crippen LogP contribution in [0, 0.1) is 0 Å². The van der Waals surface area contributed by atoms with Crippen LogP contribution in [-0.4, -0.2) is 33.1 Å². The van der Waals surface area contributed by atoms with Crippen molar-refractivity contribution in [3.63, 3.8) is 0 Å². The molecular formula is C17H20N2O3. The van der Waals surface area contributed by atoms with E-state index in [-0.39, 0.29) is 18.0 Å². The smallest absolute Gasteiger partial charge is 0.338 e. The normalized spacial score (nSPS) is 24.9. The fourth-order valence-corrected chi connectivity index (χ4v) is 3.10. The second-order valence-electron chi connectivity index (χ2n) is 5.76. The molecule has 1 aliphatic carbocycles. The first kappa shape index (κ1) is 14.8. The van der Waals surface area contributed by atoms with E-state index in [0.29, 0.717) is 12.0 Å². The molecule has 1 aliphatic rings. The summed E-state index contributed by atoms with van der Waals surface area (Å²) in [7, 11) is 1.89. The van der Waals surface area contributed by atoms with Crippen LogP contribution in [-0.2, 0) is 11.8 Å². The molecule has 1 saturated carbocycles. The Morgan fingerprint density at radius 3 is 2.73 bits per heavy atom. The van der Waals surface area contributed by atoms with Crippen LogP contribution < -0.4 is 0 Å². The van der Waals surface area contributed by atoms with E-state index in [0.717, 1.165) is 18.5 Å². The molecule has 2 aromatic rings. The van der Waals surface area contributed by atoms with Crippen molar-refractivity contribution in [1.29, 1.82) is 0 Å². The molecule has 3 atom stereocenters. The van der Waals surface area contributed by atoms with Crippen molar-refractivity contribution in [3.8, 4) is 0 Å². The SMILES string of the molecule is Cn1nccc1[C@H]1CC[C@H](O)CC1OC(=O)c1ccccc1. The number of aryl methyl sites for hydroxylation is 1. The van der Waals surface area contributed by atoms with E-state index >= 15 is 0 Å². The third-order valence-electron chi connectivity index (χ3n) is 4.27. The van der Waals surface area contributed by atoms with E-state index in [1.54, 1.807) is 18.3 Å². The third-order valence-corrected chi connectivity index (χ3v) is 4.27. The summed E-state index contributed by atoms with van der Waals surface area (Å²) in [5.41, 5.74) is 1.57. The Labute approximate surface area is 129 Å². The standard InChI is InChI=1S/C17H20N2O3/c1-19-15(9-10-18-19)14-8-7-13(20)11-16(14)22-17(21)12-5-3-2-4-6-12/h2-6,9-10,13-14,16,20H,7-8,11H2,1H3/t13-,14+,16?/m0/s1. The zero-order valence-corrected chi connectivity index (χ0v) is 12.6. The number of nitrogens with zero attached hydrogens (tertiary/aromatic N) is 2. The predicted octanol–water partition coefficient (Wildman–Crippen LogP) is 2.27. The molecule has 1 N–H and O–H groups in total. The number of hydrogen-bond donors (Lipinski definition) is 1. The Bertz CT molecular complexity index is 638. The van der Waals surface area contributed by atoms with E-state index in [1.807, 2.05) is 36.0 Å². The molecule has 1 heterocycles. The Hall–Kier alpha value is -2.14. The fourth-order valence-electron chi connectivity index (χ4n) is 3.10. The zero-order chi connectivity index (χ0) is 15.5. The number of aliphatic hydroxyl groups is 1. The van der Waals surface area contributed by atoms with Crippen LogP contribution in [0.25, 0.3) is 0 Å². The second kappa shape index (κ2) is 6.32. The molecule has 1 fully saturated rings. The minimum atomic E-state index is -0.418. The first-order chi connectivity index (χ1) is 10.6. The van der Waals surface area contributed by atoms with Gasteiger partial charge in [0.15, 0.2) is 0 Å². The lowest BCUT2D eigenvalue weighted by atomic mass is 9.82. The van der Waals surface area contributed by atoms with Crippen LogP contribution in [0.5, 0.6) is 0 Å². The van der Waals surface area contributed by atoms with Crippen molar-refractivity contribution in [2.75, 3.05) is 0 Å². The topological polar surface area (TPSA) is 64.3 Å². The van der Waals surface area contributed by atoms with Crippen LogP contribution in [0.4, 0.5) is 0 Å². The molecule has 1 unspecified atom stereocenters. The van der Waals surface area contributed by atoms with E-state index in [1.165, 1.54) is 0 Å². The van der Waals surface area contributed by atoms with Gasteiger partial charge in [0.1, 0.15) is 6.10 Å². The van der Waals surface area contributed by atoms with Crippen molar-refractivity contribution in [2.45, 2.75) is 37.4 Å². The molecule has 116 valence electrons. The molecule has 1 aromatic carbocycles. The van der Waals surface area contributed by atoms with Crippen LogP contribution in [0.2, 0.25) is 0 Å². The van der Waals surface area contributed by atoms with Crippen LogP contribution in [0.15, 0.2) is 42.6 Å². The number of aliphatic hydroxyl groups excluding tert-OH is 1. The molecule has 3 rings (SSSR count). The van der Waals surface area contributed by atoms with E-state index in [9.17, 15) is 9.90 Å². The van der Waals surface area contributed by atoms with Gasteiger partial charge in [-0.05, 0) is 31.0 Å². The fraction of sp³-hybridized carbons (Fsp3) is 0.412. The van der Waals surface area contributed by atoms with Gasteiger partial charge in [-0.1, -0.05) is 18.2 Å². The lowest BCUT2D eigenvalue weighted by molar-refractivity contribution is -0.0129. The van der Waals surface area contributed by atoms with Crippen molar-refractivity contribution >= 4 is 5.97 Å². The number of aromatic nitrogens is 2. The van der Waals surface area contributed by atoms with Gasteiger partial charge in [0.25, 0.3) is 0 Å². The Kier molecular flexibility index (Phi) is 4.24. The molecule has 22 heavy (non-hydrogen) atoms. The third kappa shape index (κ3) is 3.04. The summed E-state index contributed by atoms with van der Waals surface area (Å²) in [4.78, 5) is 12.3. The van der Waals surface area contributed by atoms with Gasteiger partial charge in [0.2, 0.25) is 0 Å². The van der Waals surface area contributed by atoms with Gasteiger partial charge >= 0.3 is 5.97 Å². The number of ether oxygens (including phenoxy) is 1. The number of carbonyl (C=O) groups excluding carboxylic acids is 1. The zero-order valence-electron chi connectivity index (χ0n) is 12.6. The van der Waals surface area contributed by atoms with Gasteiger partial charge in [0.05, 0.1) is 11.7 Å². The summed E-state index contributed by atoms with van der Waals surface area (Å²) in [5.74, 6) is -0.268. The highest BCUT2D eigenvalue weighted by Crippen LogP contribution is 2.35. The Balaban J connectivity index is 1.79. The minimum Gasteiger partial charge on any atom is -0.458 e. The number of esters is 1. The second-order valence-corrected chi connectivity index (χ2v) is 5.76. The Morgan fingerprint density at radius 1 is 1.27 bits per heavy atom. The van der Waals surface area contributed by atoms with Crippen molar-refractivity contribution in [1.82, 2.24) is 9.78 Å². The summed E-state index contributed by atoms with van der Waals surface area (Å²) in [6.07, 6.45) is 2.97.